The zero-order chi connectivity index (χ0) is 12.8. The van der Waals surface area contributed by atoms with E-state index in [0.717, 1.165) is 19.3 Å². The van der Waals surface area contributed by atoms with Crippen LogP contribution in [0.2, 0.25) is 0 Å². The molecule has 0 aromatic rings. The van der Waals surface area contributed by atoms with Gasteiger partial charge in [0.15, 0.2) is 0 Å². The summed E-state index contributed by atoms with van der Waals surface area (Å²) < 4.78 is 5.82. The highest BCUT2D eigenvalue weighted by atomic mass is 35.5. The molecular weight excluding hydrogens is 224 g/mol. The van der Waals surface area contributed by atoms with Gasteiger partial charge >= 0.3 is 0 Å². The highest BCUT2D eigenvalue weighted by Crippen LogP contribution is 2.38. The molecule has 0 aliphatic rings. The standard InChI is InChI=1S/C13H27ClO2/c1-6-12(4,11(15)9-14)10-13(5,7-2)16-8-3/h11,15H,6-10H2,1-5H3. The summed E-state index contributed by atoms with van der Waals surface area (Å²) in [5.41, 5.74) is -0.325. The number of halogens is 1. The summed E-state index contributed by atoms with van der Waals surface area (Å²) in [5, 5.41) is 10.0. The zero-order valence-electron chi connectivity index (χ0n) is 11.3. The van der Waals surface area contributed by atoms with Crippen molar-refractivity contribution in [1.29, 1.82) is 0 Å². The third-order valence-corrected chi connectivity index (χ3v) is 4.07. The summed E-state index contributed by atoms with van der Waals surface area (Å²) in [7, 11) is 0. The molecule has 0 rings (SSSR count). The van der Waals surface area contributed by atoms with Crippen LogP contribution in [-0.2, 0) is 4.74 Å². The topological polar surface area (TPSA) is 29.5 Å². The summed E-state index contributed by atoms with van der Waals surface area (Å²) in [6.45, 7) is 11.1. The van der Waals surface area contributed by atoms with E-state index in [1.54, 1.807) is 0 Å². The number of alkyl halides is 1. The molecule has 1 N–H and O–H groups in total. The first-order valence-electron chi connectivity index (χ1n) is 6.25. The van der Waals surface area contributed by atoms with E-state index in [4.69, 9.17) is 16.3 Å². The summed E-state index contributed by atoms with van der Waals surface area (Å²) >= 11 is 5.77. The Morgan fingerprint density at radius 2 is 1.75 bits per heavy atom. The molecule has 0 radical (unpaired) electrons. The predicted molar refractivity (Wildman–Crippen MR) is 70.1 cm³/mol. The van der Waals surface area contributed by atoms with Crippen LogP contribution in [0.4, 0.5) is 0 Å². The first-order valence-corrected chi connectivity index (χ1v) is 6.79. The zero-order valence-corrected chi connectivity index (χ0v) is 12.1. The van der Waals surface area contributed by atoms with Crippen LogP contribution in [0, 0.1) is 5.41 Å². The SMILES string of the molecule is CCOC(C)(CC)CC(C)(CC)C(O)CCl. The predicted octanol–water partition coefficient (Wildman–Crippen LogP) is 3.60. The van der Waals surface area contributed by atoms with Crippen LogP contribution in [0.25, 0.3) is 0 Å². The molecule has 0 saturated heterocycles. The third-order valence-electron chi connectivity index (χ3n) is 3.78. The number of aliphatic hydroxyl groups is 1. The second-order valence-electron chi connectivity index (χ2n) is 5.09. The molecule has 0 saturated carbocycles. The number of hydrogen-bond acceptors (Lipinski definition) is 2. The minimum absolute atomic E-state index is 0.160. The Balaban J connectivity index is 4.72. The van der Waals surface area contributed by atoms with Crippen molar-refractivity contribution in [3.05, 3.63) is 0 Å². The van der Waals surface area contributed by atoms with Gasteiger partial charge in [-0.15, -0.1) is 11.6 Å². The number of aliphatic hydroxyl groups excluding tert-OH is 1. The molecule has 0 fully saturated rings. The monoisotopic (exact) mass is 250 g/mol. The Morgan fingerprint density at radius 3 is 2.06 bits per heavy atom. The fourth-order valence-electron chi connectivity index (χ4n) is 2.15. The van der Waals surface area contributed by atoms with Crippen LogP contribution >= 0.6 is 11.6 Å². The smallest absolute Gasteiger partial charge is 0.0729 e. The van der Waals surface area contributed by atoms with Gasteiger partial charge < -0.3 is 9.84 Å². The van der Waals surface area contributed by atoms with E-state index in [1.165, 1.54) is 0 Å². The largest absolute Gasteiger partial charge is 0.391 e. The lowest BCUT2D eigenvalue weighted by Crippen LogP contribution is -2.42. The molecule has 0 amide bonds. The van der Waals surface area contributed by atoms with Gasteiger partial charge in [-0.1, -0.05) is 20.8 Å². The molecule has 3 atom stereocenters. The Morgan fingerprint density at radius 1 is 1.19 bits per heavy atom. The molecule has 0 aliphatic heterocycles. The Labute approximate surface area is 105 Å². The van der Waals surface area contributed by atoms with Gasteiger partial charge in [-0.2, -0.15) is 0 Å². The Hall–Kier alpha value is 0.210. The van der Waals surface area contributed by atoms with E-state index in [0.29, 0.717) is 6.61 Å². The van der Waals surface area contributed by atoms with Crippen molar-refractivity contribution in [2.24, 2.45) is 5.41 Å². The molecule has 0 aromatic carbocycles. The molecule has 0 heterocycles. The highest BCUT2D eigenvalue weighted by Gasteiger charge is 2.38. The minimum Gasteiger partial charge on any atom is -0.391 e. The fraction of sp³-hybridized carbons (Fsp3) is 1.00. The van der Waals surface area contributed by atoms with Crippen molar-refractivity contribution in [1.82, 2.24) is 0 Å². The van der Waals surface area contributed by atoms with Crippen molar-refractivity contribution >= 4 is 11.6 Å². The van der Waals surface area contributed by atoms with Crippen LogP contribution in [0.5, 0.6) is 0 Å². The average molecular weight is 251 g/mol. The van der Waals surface area contributed by atoms with Gasteiger partial charge in [-0.3, -0.25) is 0 Å². The number of hydrogen-bond donors (Lipinski definition) is 1. The van der Waals surface area contributed by atoms with Crippen molar-refractivity contribution < 1.29 is 9.84 Å². The Kier molecular flexibility index (Phi) is 6.92. The van der Waals surface area contributed by atoms with Gasteiger partial charge in [-0.05, 0) is 38.5 Å². The van der Waals surface area contributed by atoms with Crippen molar-refractivity contribution in [3.8, 4) is 0 Å². The van der Waals surface area contributed by atoms with Crippen LogP contribution in [0.3, 0.4) is 0 Å². The van der Waals surface area contributed by atoms with E-state index >= 15 is 0 Å². The second kappa shape index (κ2) is 6.83. The molecule has 0 aliphatic carbocycles. The van der Waals surface area contributed by atoms with Gasteiger partial charge in [-0.25, -0.2) is 0 Å². The minimum atomic E-state index is -0.467. The van der Waals surface area contributed by atoms with Gasteiger partial charge in [0, 0.05) is 12.5 Å². The maximum atomic E-state index is 10.0. The Bertz CT molecular complexity index is 198. The summed E-state index contributed by atoms with van der Waals surface area (Å²) in [5.74, 6) is 0.288. The number of ether oxygens (including phenoxy) is 1. The maximum absolute atomic E-state index is 10.0. The molecule has 16 heavy (non-hydrogen) atoms. The quantitative estimate of drug-likeness (QED) is 0.667. The van der Waals surface area contributed by atoms with Gasteiger partial charge in [0.1, 0.15) is 0 Å². The molecular formula is C13H27ClO2. The van der Waals surface area contributed by atoms with Gasteiger partial charge in [0.25, 0.3) is 0 Å². The lowest BCUT2D eigenvalue weighted by atomic mass is 9.73. The van der Waals surface area contributed by atoms with Gasteiger partial charge in [0.05, 0.1) is 11.7 Å². The van der Waals surface area contributed by atoms with Crippen molar-refractivity contribution in [2.45, 2.75) is 65.6 Å². The molecule has 3 heteroatoms. The number of rotatable bonds is 8. The summed E-state index contributed by atoms with van der Waals surface area (Å²) in [6.07, 6.45) is 2.23. The molecule has 0 spiro atoms. The van der Waals surface area contributed by atoms with E-state index in [9.17, 15) is 5.11 Å². The first kappa shape index (κ1) is 16.2. The third kappa shape index (κ3) is 4.23. The lowest BCUT2D eigenvalue weighted by molar-refractivity contribution is -0.0832. The lowest BCUT2D eigenvalue weighted by Gasteiger charge is -2.41. The van der Waals surface area contributed by atoms with Crippen LogP contribution in [0.15, 0.2) is 0 Å². The van der Waals surface area contributed by atoms with Crippen LogP contribution in [-0.4, -0.2) is 29.3 Å². The van der Waals surface area contributed by atoms with E-state index in [1.807, 2.05) is 6.92 Å². The van der Waals surface area contributed by atoms with E-state index in [-0.39, 0.29) is 16.9 Å². The highest BCUT2D eigenvalue weighted by molar-refractivity contribution is 6.18. The molecule has 0 aromatic heterocycles. The molecule has 0 bridgehead atoms. The summed E-state index contributed by atoms with van der Waals surface area (Å²) in [4.78, 5) is 0. The van der Waals surface area contributed by atoms with Crippen LogP contribution in [0.1, 0.15) is 53.9 Å². The van der Waals surface area contributed by atoms with E-state index < -0.39 is 6.10 Å². The van der Waals surface area contributed by atoms with Crippen molar-refractivity contribution in [3.63, 3.8) is 0 Å². The van der Waals surface area contributed by atoms with Crippen molar-refractivity contribution in [2.75, 3.05) is 12.5 Å². The van der Waals surface area contributed by atoms with E-state index in [2.05, 4.69) is 27.7 Å². The fourth-order valence-corrected chi connectivity index (χ4v) is 2.52. The maximum Gasteiger partial charge on any atom is 0.0729 e. The van der Waals surface area contributed by atoms with Gasteiger partial charge in [0.2, 0.25) is 0 Å². The normalized spacial score (nSPS) is 21.2. The molecule has 3 unspecified atom stereocenters. The second-order valence-corrected chi connectivity index (χ2v) is 5.40. The first-order chi connectivity index (χ1) is 7.37. The van der Waals surface area contributed by atoms with Crippen LogP contribution < -0.4 is 0 Å². The summed E-state index contributed by atoms with van der Waals surface area (Å²) in [6, 6.07) is 0. The molecule has 98 valence electrons. The molecule has 2 nitrogen and oxygen atoms in total. The average Bonchev–Trinajstić information content (AvgIpc) is 2.28.